The lowest BCUT2D eigenvalue weighted by atomic mass is 10.2. The number of carbonyl (C=O) groups excluding carboxylic acids is 1. The Morgan fingerprint density at radius 3 is 2.74 bits per heavy atom. The van der Waals surface area contributed by atoms with Crippen LogP contribution in [-0.4, -0.2) is 18.4 Å². The van der Waals surface area contributed by atoms with Crippen molar-refractivity contribution in [2.75, 3.05) is 12.4 Å². The lowest BCUT2D eigenvalue weighted by Gasteiger charge is -2.04. The maximum atomic E-state index is 10.5. The number of rotatable bonds is 6. The molecule has 0 radical (unpaired) electrons. The van der Waals surface area contributed by atoms with E-state index in [2.05, 4.69) is 10.3 Å². The summed E-state index contributed by atoms with van der Waals surface area (Å²) in [6.45, 7) is 2.63. The fourth-order valence-corrected chi connectivity index (χ4v) is 2.59. The summed E-state index contributed by atoms with van der Waals surface area (Å²) in [4.78, 5) is 15.9. The van der Waals surface area contributed by atoms with Crippen LogP contribution in [0.2, 0.25) is 0 Å². The first-order valence-corrected chi connectivity index (χ1v) is 6.81. The number of thiazole rings is 1. The Kier molecular flexibility index (Phi) is 4.52. The van der Waals surface area contributed by atoms with Gasteiger partial charge in [0.2, 0.25) is 0 Å². The summed E-state index contributed by atoms with van der Waals surface area (Å²) in [5, 5.41) is 4.12. The highest BCUT2D eigenvalue weighted by molar-refractivity contribution is 7.15. The average molecular weight is 276 g/mol. The smallest absolute Gasteiger partial charge is 0.183 e. The molecule has 1 heterocycles. The van der Waals surface area contributed by atoms with Crippen LogP contribution >= 0.6 is 11.3 Å². The van der Waals surface area contributed by atoms with E-state index in [-0.39, 0.29) is 0 Å². The first-order valence-electron chi connectivity index (χ1n) is 5.99. The highest BCUT2D eigenvalue weighted by Crippen LogP contribution is 2.23. The van der Waals surface area contributed by atoms with Crippen molar-refractivity contribution in [3.05, 3.63) is 40.4 Å². The summed E-state index contributed by atoms with van der Waals surface area (Å²) in [7, 11) is 1.65. The number of ether oxygens (including phenoxy) is 1. The number of nitrogens with zero attached hydrogens (tertiary/aromatic N) is 1. The molecule has 19 heavy (non-hydrogen) atoms. The molecule has 5 heteroatoms. The van der Waals surface area contributed by atoms with Gasteiger partial charge in [-0.15, -0.1) is 11.3 Å². The second-order valence-corrected chi connectivity index (χ2v) is 5.18. The Morgan fingerprint density at radius 1 is 1.37 bits per heavy atom. The molecule has 0 unspecified atom stereocenters. The quantitative estimate of drug-likeness (QED) is 0.824. The number of hydrogen-bond donors (Lipinski definition) is 1. The Hall–Kier alpha value is -1.88. The van der Waals surface area contributed by atoms with E-state index >= 15 is 0 Å². The van der Waals surface area contributed by atoms with Gasteiger partial charge in [-0.3, -0.25) is 0 Å². The lowest BCUT2D eigenvalue weighted by molar-refractivity contribution is -0.107. The number of aromatic nitrogens is 1. The Bertz CT molecular complexity index is 549. The molecule has 100 valence electrons. The van der Waals surface area contributed by atoms with Gasteiger partial charge in [0.1, 0.15) is 12.0 Å². The minimum Gasteiger partial charge on any atom is -0.497 e. The number of nitrogens with one attached hydrogen (secondary N) is 1. The van der Waals surface area contributed by atoms with Crippen molar-refractivity contribution in [2.24, 2.45) is 0 Å². The van der Waals surface area contributed by atoms with Gasteiger partial charge in [-0.05, 0) is 24.6 Å². The number of carbonyl (C=O) groups is 1. The molecule has 1 N–H and O–H groups in total. The maximum absolute atomic E-state index is 10.5. The summed E-state index contributed by atoms with van der Waals surface area (Å²) in [5.74, 6) is 0.849. The second kappa shape index (κ2) is 6.33. The highest BCUT2D eigenvalue weighted by atomic mass is 32.1. The van der Waals surface area contributed by atoms with Crippen LogP contribution in [0.3, 0.4) is 0 Å². The molecule has 4 nitrogen and oxygen atoms in total. The van der Waals surface area contributed by atoms with Gasteiger partial charge < -0.3 is 14.8 Å². The highest BCUT2D eigenvalue weighted by Gasteiger charge is 2.06. The van der Waals surface area contributed by atoms with Crippen molar-refractivity contribution in [1.29, 1.82) is 0 Å². The summed E-state index contributed by atoms with van der Waals surface area (Å²) in [5.41, 5.74) is 2.08. The summed E-state index contributed by atoms with van der Waals surface area (Å²) in [6.07, 6.45) is 1.35. The molecule has 2 aromatic rings. The molecular weight excluding hydrogens is 260 g/mol. The fraction of sp³-hybridized carbons (Fsp3) is 0.286. The van der Waals surface area contributed by atoms with Crippen LogP contribution in [0.1, 0.15) is 16.1 Å². The second-order valence-electron chi connectivity index (χ2n) is 4.10. The molecule has 0 saturated heterocycles. The molecule has 1 aromatic heterocycles. The number of benzene rings is 1. The first kappa shape index (κ1) is 13.5. The third-order valence-electron chi connectivity index (χ3n) is 2.76. The van der Waals surface area contributed by atoms with E-state index < -0.39 is 0 Å². The zero-order valence-corrected chi connectivity index (χ0v) is 11.8. The van der Waals surface area contributed by atoms with Crippen LogP contribution in [0, 0.1) is 6.92 Å². The van der Waals surface area contributed by atoms with E-state index in [1.165, 1.54) is 11.3 Å². The van der Waals surface area contributed by atoms with E-state index in [0.29, 0.717) is 13.0 Å². The summed E-state index contributed by atoms with van der Waals surface area (Å²) < 4.78 is 5.11. The summed E-state index contributed by atoms with van der Waals surface area (Å²) in [6, 6.07) is 7.89. The minimum absolute atomic E-state index is 0.438. The monoisotopic (exact) mass is 276 g/mol. The van der Waals surface area contributed by atoms with Crippen LogP contribution in [-0.2, 0) is 17.8 Å². The number of aldehydes is 1. The minimum atomic E-state index is 0.438. The van der Waals surface area contributed by atoms with E-state index in [1.54, 1.807) is 7.11 Å². The van der Waals surface area contributed by atoms with E-state index in [4.69, 9.17) is 4.74 Å². The van der Waals surface area contributed by atoms with Crippen molar-refractivity contribution in [3.63, 3.8) is 0 Å². The normalized spacial score (nSPS) is 10.2. The van der Waals surface area contributed by atoms with E-state index in [9.17, 15) is 4.79 Å². The van der Waals surface area contributed by atoms with Crippen molar-refractivity contribution >= 4 is 22.8 Å². The fourth-order valence-electron chi connectivity index (χ4n) is 1.69. The molecule has 0 aliphatic heterocycles. The zero-order valence-electron chi connectivity index (χ0n) is 11.0. The molecule has 0 aliphatic carbocycles. The molecule has 0 atom stereocenters. The van der Waals surface area contributed by atoms with Gasteiger partial charge in [-0.25, -0.2) is 4.98 Å². The molecule has 0 fully saturated rings. The lowest BCUT2D eigenvalue weighted by Crippen LogP contribution is -1.98. The summed E-state index contributed by atoms with van der Waals surface area (Å²) >= 11 is 1.53. The van der Waals surface area contributed by atoms with E-state index in [0.717, 1.165) is 33.3 Å². The van der Waals surface area contributed by atoms with Gasteiger partial charge in [0.05, 0.1) is 12.8 Å². The third-order valence-corrected chi connectivity index (χ3v) is 3.90. The Morgan fingerprint density at radius 2 is 2.11 bits per heavy atom. The van der Waals surface area contributed by atoms with E-state index in [1.807, 2.05) is 31.2 Å². The predicted octanol–water partition coefficient (Wildman–Crippen LogP) is 2.81. The number of aryl methyl sites for hydroxylation is 1. The van der Waals surface area contributed by atoms with Crippen LogP contribution in [0.25, 0.3) is 0 Å². The third kappa shape index (κ3) is 3.54. The number of hydrogen-bond acceptors (Lipinski definition) is 5. The van der Waals surface area contributed by atoms with Gasteiger partial charge in [-0.1, -0.05) is 12.1 Å². The molecule has 0 amide bonds. The number of anilines is 1. The van der Waals surface area contributed by atoms with Crippen molar-refractivity contribution in [3.8, 4) is 5.75 Å². The van der Waals surface area contributed by atoms with Crippen LogP contribution in [0.15, 0.2) is 24.3 Å². The van der Waals surface area contributed by atoms with Crippen molar-refractivity contribution < 1.29 is 9.53 Å². The van der Waals surface area contributed by atoms with Crippen LogP contribution < -0.4 is 10.1 Å². The molecule has 2 rings (SSSR count). The molecule has 0 saturated carbocycles. The first-order chi connectivity index (χ1) is 9.22. The van der Waals surface area contributed by atoms with Crippen molar-refractivity contribution in [1.82, 2.24) is 4.98 Å². The molecule has 0 aliphatic rings. The largest absolute Gasteiger partial charge is 0.497 e. The van der Waals surface area contributed by atoms with Crippen LogP contribution in [0.4, 0.5) is 5.13 Å². The molecule has 1 aromatic carbocycles. The van der Waals surface area contributed by atoms with Crippen LogP contribution in [0.5, 0.6) is 5.75 Å². The molecule has 0 bridgehead atoms. The molecular formula is C14H16N2O2S. The van der Waals surface area contributed by atoms with Gasteiger partial charge in [-0.2, -0.15) is 0 Å². The standard InChI is InChI=1S/C14H16N2O2S/c1-10-13(7-8-17)19-14(16-10)15-9-11-3-5-12(18-2)6-4-11/h3-6,8H,7,9H2,1-2H3,(H,15,16). The number of methoxy groups -OCH3 is 1. The Labute approximate surface area is 116 Å². The van der Waals surface area contributed by atoms with Gasteiger partial charge >= 0.3 is 0 Å². The average Bonchev–Trinajstić information content (AvgIpc) is 2.78. The maximum Gasteiger partial charge on any atom is 0.183 e. The predicted molar refractivity (Wildman–Crippen MR) is 76.9 cm³/mol. The van der Waals surface area contributed by atoms with Crippen molar-refractivity contribution in [2.45, 2.75) is 19.9 Å². The van der Waals surface area contributed by atoms with Gasteiger partial charge in [0.25, 0.3) is 0 Å². The SMILES string of the molecule is COc1ccc(CNc2nc(C)c(CC=O)s2)cc1. The van der Waals surface area contributed by atoms with Gasteiger partial charge in [0, 0.05) is 17.8 Å². The zero-order chi connectivity index (χ0) is 13.7. The van der Waals surface area contributed by atoms with Gasteiger partial charge in [0.15, 0.2) is 5.13 Å². The Balaban J connectivity index is 1.97. The topological polar surface area (TPSA) is 51.2 Å². The molecule has 0 spiro atoms.